The summed E-state index contributed by atoms with van der Waals surface area (Å²) in [6.45, 7) is 1.06. The van der Waals surface area contributed by atoms with E-state index < -0.39 is 10.0 Å². The monoisotopic (exact) mass is 392 g/mol. The van der Waals surface area contributed by atoms with Crippen molar-refractivity contribution in [2.45, 2.75) is 30.6 Å². The van der Waals surface area contributed by atoms with Gasteiger partial charge in [-0.2, -0.15) is 4.31 Å². The van der Waals surface area contributed by atoms with Crippen LogP contribution in [0.25, 0.3) is 0 Å². The minimum atomic E-state index is -3.58. The van der Waals surface area contributed by atoms with Gasteiger partial charge in [-0.1, -0.05) is 30.5 Å². The average molecular weight is 393 g/mol. The van der Waals surface area contributed by atoms with Crippen molar-refractivity contribution in [3.05, 3.63) is 59.1 Å². The van der Waals surface area contributed by atoms with Crippen LogP contribution in [0.2, 0.25) is 5.02 Å². The van der Waals surface area contributed by atoms with E-state index in [4.69, 9.17) is 11.6 Å². The van der Waals surface area contributed by atoms with Crippen LogP contribution in [0.3, 0.4) is 0 Å². The molecule has 1 aliphatic heterocycles. The highest BCUT2D eigenvalue weighted by Crippen LogP contribution is 2.22. The maximum Gasteiger partial charge on any atom is 0.255 e. The summed E-state index contributed by atoms with van der Waals surface area (Å²) < 4.78 is 27.3. The molecule has 1 aliphatic rings. The number of nitrogens with zero attached hydrogens (tertiary/aromatic N) is 1. The molecule has 3 rings (SSSR count). The van der Waals surface area contributed by atoms with Crippen LogP contribution in [0.1, 0.15) is 36.0 Å². The van der Waals surface area contributed by atoms with Crippen LogP contribution in [-0.2, 0) is 10.0 Å². The minimum absolute atomic E-state index is 0.156. The van der Waals surface area contributed by atoms with Crippen molar-refractivity contribution < 1.29 is 13.2 Å². The molecule has 1 amide bonds. The van der Waals surface area contributed by atoms with Gasteiger partial charge in [0, 0.05) is 29.4 Å². The van der Waals surface area contributed by atoms with E-state index in [0.717, 1.165) is 25.7 Å². The summed E-state index contributed by atoms with van der Waals surface area (Å²) in [7, 11) is -3.58. The third-order valence-corrected chi connectivity index (χ3v) is 6.55. The normalized spacial score (nSPS) is 16.0. The highest BCUT2D eigenvalue weighted by molar-refractivity contribution is 7.89. The number of amides is 1. The van der Waals surface area contributed by atoms with Gasteiger partial charge in [-0.15, -0.1) is 0 Å². The van der Waals surface area contributed by atoms with Crippen LogP contribution >= 0.6 is 11.6 Å². The quantitative estimate of drug-likeness (QED) is 0.849. The lowest BCUT2D eigenvalue weighted by atomic mass is 10.2. The number of benzene rings is 2. The van der Waals surface area contributed by atoms with E-state index in [2.05, 4.69) is 5.32 Å². The Balaban J connectivity index is 1.80. The molecule has 0 atom stereocenters. The Labute approximate surface area is 159 Å². The molecule has 2 aromatic carbocycles. The molecule has 0 aliphatic carbocycles. The zero-order valence-electron chi connectivity index (χ0n) is 14.3. The van der Waals surface area contributed by atoms with Gasteiger partial charge < -0.3 is 5.32 Å². The highest BCUT2D eigenvalue weighted by Gasteiger charge is 2.25. The van der Waals surface area contributed by atoms with Gasteiger partial charge >= 0.3 is 0 Å². The smallest absolute Gasteiger partial charge is 0.255 e. The highest BCUT2D eigenvalue weighted by atomic mass is 35.5. The fourth-order valence-electron chi connectivity index (χ4n) is 2.97. The van der Waals surface area contributed by atoms with E-state index in [-0.39, 0.29) is 10.8 Å². The second kappa shape index (κ2) is 8.20. The maximum absolute atomic E-state index is 12.9. The van der Waals surface area contributed by atoms with E-state index in [1.54, 1.807) is 42.5 Å². The van der Waals surface area contributed by atoms with Crippen molar-refractivity contribution in [3.63, 3.8) is 0 Å². The Morgan fingerprint density at radius 1 is 0.962 bits per heavy atom. The van der Waals surface area contributed by atoms with E-state index in [0.29, 0.717) is 29.4 Å². The van der Waals surface area contributed by atoms with Gasteiger partial charge in [0.25, 0.3) is 5.91 Å². The summed E-state index contributed by atoms with van der Waals surface area (Å²) in [4.78, 5) is 12.6. The van der Waals surface area contributed by atoms with Crippen LogP contribution < -0.4 is 5.32 Å². The molecule has 7 heteroatoms. The third-order valence-electron chi connectivity index (χ3n) is 4.40. The summed E-state index contributed by atoms with van der Waals surface area (Å²) >= 11 is 5.84. The number of nitrogens with one attached hydrogen (secondary N) is 1. The minimum Gasteiger partial charge on any atom is -0.322 e. The third kappa shape index (κ3) is 4.44. The summed E-state index contributed by atoms with van der Waals surface area (Å²) in [5, 5.41) is 3.32. The van der Waals surface area contributed by atoms with Gasteiger partial charge in [-0.25, -0.2) is 8.42 Å². The van der Waals surface area contributed by atoms with Gasteiger partial charge in [0.15, 0.2) is 0 Å². The summed E-state index contributed by atoms with van der Waals surface area (Å²) in [5.41, 5.74) is 0.899. The van der Waals surface area contributed by atoms with E-state index >= 15 is 0 Å². The molecular formula is C19H21ClN2O3S. The molecule has 2 aromatic rings. The summed E-state index contributed by atoms with van der Waals surface area (Å²) in [5.74, 6) is -0.361. The number of rotatable bonds is 4. The molecule has 138 valence electrons. The lowest BCUT2D eigenvalue weighted by molar-refractivity contribution is 0.102. The molecular weight excluding hydrogens is 372 g/mol. The van der Waals surface area contributed by atoms with Crippen LogP contribution in [0, 0.1) is 0 Å². The van der Waals surface area contributed by atoms with Crippen molar-refractivity contribution in [2.24, 2.45) is 0 Å². The largest absolute Gasteiger partial charge is 0.322 e. The van der Waals surface area contributed by atoms with E-state index in [9.17, 15) is 13.2 Å². The van der Waals surface area contributed by atoms with E-state index in [1.165, 1.54) is 10.4 Å². The number of sulfonamides is 1. The van der Waals surface area contributed by atoms with Gasteiger partial charge in [-0.3, -0.25) is 4.79 Å². The SMILES string of the molecule is O=C(Nc1ccc(Cl)cc1)c1cccc(S(=O)(=O)N2CCCCCC2)c1. The molecule has 0 saturated carbocycles. The Bertz CT molecular complexity index is 874. The second-order valence-electron chi connectivity index (χ2n) is 6.31. The first kappa shape index (κ1) is 18.9. The molecule has 0 radical (unpaired) electrons. The molecule has 1 saturated heterocycles. The van der Waals surface area contributed by atoms with Crippen molar-refractivity contribution in [2.75, 3.05) is 18.4 Å². The Morgan fingerprint density at radius 3 is 2.27 bits per heavy atom. The molecule has 1 heterocycles. The first-order valence-electron chi connectivity index (χ1n) is 8.64. The molecule has 26 heavy (non-hydrogen) atoms. The van der Waals surface area contributed by atoms with Crippen LogP contribution in [-0.4, -0.2) is 31.7 Å². The zero-order valence-corrected chi connectivity index (χ0v) is 15.9. The molecule has 1 fully saturated rings. The lowest BCUT2D eigenvalue weighted by Crippen LogP contribution is -2.32. The number of anilines is 1. The number of carbonyl (C=O) groups excluding carboxylic acids is 1. The van der Waals surface area contributed by atoms with Crippen molar-refractivity contribution in [1.29, 1.82) is 0 Å². The molecule has 0 aromatic heterocycles. The molecule has 0 bridgehead atoms. The van der Waals surface area contributed by atoms with Crippen molar-refractivity contribution in [3.8, 4) is 0 Å². The number of hydrogen-bond donors (Lipinski definition) is 1. The first-order chi connectivity index (χ1) is 12.5. The molecule has 5 nitrogen and oxygen atoms in total. The summed E-state index contributed by atoms with van der Waals surface area (Å²) in [6.07, 6.45) is 3.84. The van der Waals surface area contributed by atoms with Crippen LogP contribution in [0.15, 0.2) is 53.4 Å². The molecule has 1 N–H and O–H groups in total. The fourth-order valence-corrected chi connectivity index (χ4v) is 4.65. The van der Waals surface area contributed by atoms with Crippen LogP contribution in [0.5, 0.6) is 0 Å². The summed E-state index contributed by atoms with van der Waals surface area (Å²) in [6, 6.07) is 12.9. The molecule has 0 spiro atoms. The van der Waals surface area contributed by atoms with Crippen molar-refractivity contribution >= 4 is 33.2 Å². The topological polar surface area (TPSA) is 66.5 Å². The Kier molecular flexibility index (Phi) is 5.96. The van der Waals surface area contributed by atoms with E-state index in [1.807, 2.05) is 0 Å². The van der Waals surface area contributed by atoms with Gasteiger partial charge in [0.05, 0.1) is 4.90 Å². The zero-order chi connectivity index (χ0) is 18.6. The number of hydrogen-bond acceptors (Lipinski definition) is 3. The Hall–Kier alpha value is -1.89. The fraction of sp³-hybridized carbons (Fsp3) is 0.316. The predicted molar refractivity (Wildman–Crippen MR) is 103 cm³/mol. The average Bonchev–Trinajstić information content (AvgIpc) is 2.94. The van der Waals surface area contributed by atoms with Gasteiger partial charge in [0.1, 0.15) is 0 Å². The predicted octanol–water partition coefficient (Wildman–Crippen LogP) is 4.16. The second-order valence-corrected chi connectivity index (χ2v) is 8.68. The van der Waals surface area contributed by atoms with Crippen LogP contribution in [0.4, 0.5) is 5.69 Å². The van der Waals surface area contributed by atoms with Gasteiger partial charge in [-0.05, 0) is 55.3 Å². The Morgan fingerprint density at radius 2 is 1.62 bits per heavy atom. The lowest BCUT2D eigenvalue weighted by Gasteiger charge is -2.20. The number of carbonyl (C=O) groups is 1. The van der Waals surface area contributed by atoms with Crippen molar-refractivity contribution in [1.82, 2.24) is 4.31 Å². The first-order valence-corrected chi connectivity index (χ1v) is 10.5. The number of halogens is 1. The maximum atomic E-state index is 12.9. The van der Waals surface area contributed by atoms with Gasteiger partial charge in [0.2, 0.25) is 10.0 Å². The molecule has 0 unspecified atom stereocenters. The standard InChI is InChI=1S/C19H21ClN2O3S/c20-16-8-10-17(11-9-16)21-19(23)15-6-5-7-18(14-15)26(24,25)22-12-3-1-2-4-13-22/h5-11,14H,1-4,12-13H2,(H,21,23).